The van der Waals surface area contributed by atoms with Crippen LogP contribution in [0.1, 0.15) is 22.1 Å². The van der Waals surface area contributed by atoms with E-state index >= 15 is 0 Å². The molecule has 0 aliphatic heterocycles. The highest BCUT2D eigenvalue weighted by Crippen LogP contribution is 2.24. The molecule has 1 aromatic heterocycles. The Morgan fingerprint density at radius 2 is 1.76 bits per heavy atom. The van der Waals surface area contributed by atoms with E-state index in [2.05, 4.69) is 5.32 Å². The Hall–Kier alpha value is -3.15. The van der Waals surface area contributed by atoms with E-state index in [-0.39, 0.29) is 11.5 Å². The lowest BCUT2D eigenvalue weighted by Gasteiger charge is -2.13. The normalized spacial score (nSPS) is 10.7. The fourth-order valence-corrected chi connectivity index (χ4v) is 2.69. The van der Waals surface area contributed by atoms with E-state index in [1.807, 2.05) is 31.1 Å². The fraction of sp³-hybridized carbons (Fsp3) is 0.158. The van der Waals surface area contributed by atoms with Crippen molar-refractivity contribution in [3.05, 3.63) is 60.0 Å². The summed E-state index contributed by atoms with van der Waals surface area (Å²) in [7, 11) is 3.86. The van der Waals surface area contributed by atoms with Gasteiger partial charge in [-0.25, -0.2) is 4.39 Å². The third kappa shape index (κ3) is 3.24. The van der Waals surface area contributed by atoms with Crippen LogP contribution in [0.4, 0.5) is 15.8 Å². The van der Waals surface area contributed by atoms with Gasteiger partial charge in [0.15, 0.2) is 0 Å². The van der Waals surface area contributed by atoms with Gasteiger partial charge in [0, 0.05) is 44.0 Å². The average Bonchev–Trinajstić information content (AvgIpc) is 2.94. The Balaban J connectivity index is 1.96. The topological polar surface area (TPSA) is 54.3 Å². The first-order chi connectivity index (χ1) is 11.9. The van der Waals surface area contributed by atoms with Crippen molar-refractivity contribution in [3.8, 4) is 0 Å². The summed E-state index contributed by atoms with van der Waals surface area (Å²) in [5.74, 6) is -1.10. The number of hydrogen-bond donors (Lipinski definition) is 1. The summed E-state index contributed by atoms with van der Waals surface area (Å²) in [5, 5.41) is 3.18. The fourth-order valence-electron chi connectivity index (χ4n) is 2.69. The number of carbonyl (C=O) groups excluding carboxylic acids is 2. The standard InChI is InChI=1S/C19H18FN3O2/c1-12(24)23-11-17(16-10-13(20)4-9-18(16)23)19(25)21-14-5-7-15(8-6-14)22(2)3/h4-11H,1-3H3,(H,21,25). The minimum atomic E-state index is -0.460. The summed E-state index contributed by atoms with van der Waals surface area (Å²) in [5.41, 5.74) is 2.38. The minimum absolute atomic E-state index is 0.244. The second-order valence-electron chi connectivity index (χ2n) is 5.99. The minimum Gasteiger partial charge on any atom is -0.378 e. The predicted molar refractivity (Wildman–Crippen MR) is 96.9 cm³/mol. The van der Waals surface area contributed by atoms with Gasteiger partial charge in [0.2, 0.25) is 5.91 Å². The van der Waals surface area contributed by atoms with Crippen molar-refractivity contribution < 1.29 is 14.0 Å². The van der Waals surface area contributed by atoms with Gasteiger partial charge < -0.3 is 10.2 Å². The van der Waals surface area contributed by atoms with Crippen LogP contribution in [0.3, 0.4) is 0 Å². The maximum Gasteiger partial charge on any atom is 0.257 e. The second-order valence-corrected chi connectivity index (χ2v) is 5.99. The molecule has 1 amide bonds. The van der Waals surface area contributed by atoms with E-state index in [1.54, 1.807) is 12.1 Å². The Morgan fingerprint density at radius 1 is 1.08 bits per heavy atom. The summed E-state index contributed by atoms with van der Waals surface area (Å²) in [6.45, 7) is 1.39. The molecule has 25 heavy (non-hydrogen) atoms. The van der Waals surface area contributed by atoms with Crippen LogP contribution in [-0.4, -0.2) is 30.5 Å². The number of nitrogens with zero attached hydrogens (tertiary/aromatic N) is 2. The molecule has 128 valence electrons. The van der Waals surface area contributed by atoms with E-state index < -0.39 is 11.7 Å². The quantitative estimate of drug-likeness (QED) is 0.790. The zero-order valence-corrected chi connectivity index (χ0v) is 14.2. The summed E-state index contributed by atoms with van der Waals surface area (Å²) in [6, 6.07) is 11.4. The molecule has 0 saturated heterocycles. The van der Waals surface area contributed by atoms with Crippen molar-refractivity contribution in [1.29, 1.82) is 0 Å². The van der Waals surface area contributed by atoms with Crippen molar-refractivity contribution in [2.45, 2.75) is 6.92 Å². The molecule has 0 bridgehead atoms. The van der Waals surface area contributed by atoms with Crippen molar-refractivity contribution in [1.82, 2.24) is 4.57 Å². The van der Waals surface area contributed by atoms with Crippen molar-refractivity contribution in [3.63, 3.8) is 0 Å². The summed E-state index contributed by atoms with van der Waals surface area (Å²) < 4.78 is 15.0. The van der Waals surface area contributed by atoms with Crippen LogP contribution in [0.15, 0.2) is 48.7 Å². The molecule has 6 heteroatoms. The number of benzene rings is 2. The van der Waals surface area contributed by atoms with Crippen LogP contribution in [0, 0.1) is 5.82 Å². The van der Waals surface area contributed by atoms with Gasteiger partial charge in [-0.15, -0.1) is 0 Å². The van der Waals surface area contributed by atoms with Gasteiger partial charge in [0.25, 0.3) is 5.91 Å². The molecule has 0 aliphatic rings. The first-order valence-corrected chi connectivity index (χ1v) is 7.77. The van der Waals surface area contributed by atoms with Crippen LogP contribution >= 0.6 is 0 Å². The third-order valence-corrected chi connectivity index (χ3v) is 3.99. The maximum atomic E-state index is 13.6. The number of halogens is 1. The number of amides is 1. The zero-order chi connectivity index (χ0) is 18.1. The number of aromatic nitrogens is 1. The van der Waals surface area contributed by atoms with Crippen molar-refractivity contribution >= 4 is 34.1 Å². The number of hydrogen-bond acceptors (Lipinski definition) is 3. The first-order valence-electron chi connectivity index (χ1n) is 7.77. The van der Waals surface area contributed by atoms with Crippen LogP contribution in [-0.2, 0) is 0 Å². The molecule has 0 saturated carbocycles. The molecule has 5 nitrogen and oxygen atoms in total. The van der Waals surface area contributed by atoms with Crippen LogP contribution < -0.4 is 10.2 Å². The summed E-state index contributed by atoms with van der Waals surface area (Å²) >= 11 is 0. The number of rotatable bonds is 3. The summed E-state index contributed by atoms with van der Waals surface area (Å²) in [6.07, 6.45) is 1.44. The number of carbonyl (C=O) groups is 2. The molecular weight excluding hydrogens is 321 g/mol. The Labute approximate surface area is 144 Å². The summed E-state index contributed by atoms with van der Waals surface area (Å²) in [4.78, 5) is 26.4. The molecule has 0 aliphatic carbocycles. The smallest absolute Gasteiger partial charge is 0.257 e. The maximum absolute atomic E-state index is 13.6. The van der Waals surface area contributed by atoms with E-state index in [9.17, 15) is 14.0 Å². The molecule has 3 aromatic rings. The number of nitrogens with one attached hydrogen (secondary N) is 1. The monoisotopic (exact) mass is 339 g/mol. The van der Waals surface area contributed by atoms with E-state index in [0.717, 1.165) is 5.69 Å². The molecule has 0 spiro atoms. The van der Waals surface area contributed by atoms with Gasteiger partial charge in [0.05, 0.1) is 11.1 Å². The van der Waals surface area contributed by atoms with Gasteiger partial charge in [-0.05, 0) is 42.5 Å². The van der Waals surface area contributed by atoms with Gasteiger partial charge >= 0.3 is 0 Å². The predicted octanol–water partition coefficient (Wildman–Crippen LogP) is 3.76. The molecule has 2 aromatic carbocycles. The molecule has 0 atom stereocenters. The second kappa shape index (κ2) is 6.39. The lowest BCUT2D eigenvalue weighted by molar-refractivity contribution is 0.0941. The van der Waals surface area contributed by atoms with Crippen LogP contribution in [0.2, 0.25) is 0 Å². The van der Waals surface area contributed by atoms with Gasteiger partial charge in [0.1, 0.15) is 5.82 Å². The molecule has 1 heterocycles. The Bertz CT molecular complexity index is 959. The zero-order valence-electron chi connectivity index (χ0n) is 14.2. The first kappa shape index (κ1) is 16.7. The molecular formula is C19H18FN3O2. The van der Waals surface area contributed by atoms with E-state index in [0.29, 0.717) is 16.6 Å². The number of fused-ring (bicyclic) bond motifs is 1. The molecule has 0 unspecified atom stereocenters. The van der Waals surface area contributed by atoms with Crippen molar-refractivity contribution in [2.24, 2.45) is 0 Å². The molecule has 0 radical (unpaired) electrons. The highest BCUT2D eigenvalue weighted by atomic mass is 19.1. The Kier molecular flexibility index (Phi) is 4.27. The van der Waals surface area contributed by atoms with E-state index in [4.69, 9.17) is 0 Å². The highest BCUT2D eigenvalue weighted by Gasteiger charge is 2.17. The lowest BCUT2D eigenvalue weighted by atomic mass is 10.1. The SMILES string of the molecule is CC(=O)n1cc(C(=O)Nc2ccc(N(C)C)cc2)c2cc(F)ccc21. The largest absolute Gasteiger partial charge is 0.378 e. The Morgan fingerprint density at radius 3 is 2.36 bits per heavy atom. The van der Waals surface area contributed by atoms with Crippen LogP contribution in [0.5, 0.6) is 0 Å². The van der Waals surface area contributed by atoms with Gasteiger partial charge in [-0.3, -0.25) is 14.2 Å². The molecule has 1 N–H and O–H groups in total. The highest BCUT2D eigenvalue weighted by molar-refractivity contribution is 6.14. The molecule has 3 rings (SSSR count). The van der Waals surface area contributed by atoms with E-state index in [1.165, 1.54) is 35.9 Å². The lowest BCUT2D eigenvalue weighted by Crippen LogP contribution is -2.12. The van der Waals surface area contributed by atoms with Gasteiger partial charge in [-0.2, -0.15) is 0 Å². The average molecular weight is 339 g/mol. The number of anilines is 2. The van der Waals surface area contributed by atoms with Crippen molar-refractivity contribution in [2.75, 3.05) is 24.3 Å². The third-order valence-electron chi connectivity index (χ3n) is 3.99. The van der Waals surface area contributed by atoms with Crippen LogP contribution in [0.25, 0.3) is 10.9 Å². The molecule has 0 fully saturated rings. The van der Waals surface area contributed by atoms with Gasteiger partial charge in [-0.1, -0.05) is 0 Å².